The van der Waals surface area contributed by atoms with Gasteiger partial charge in [0.25, 0.3) is 11.8 Å². The predicted octanol–water partition coefficient (Wildman–Crippen LogP) is 5.02. The Balaban J connectivity index is 1.73. The summed E-state index contributed by atoms with van der Waals surface area (Å²) in [7, 11) is 1.51. The summed E-state index contributed by atoms with van der Waals surface area (Å²) in [6.45, 7) is 2.61. The summed E-state index contributed by atoms with van der Waals surface area (Å²) in [4.78, 5) is 28.1. The molecule has 3 aromatic carbocycles. The van der Waals surface area contributed by atoms with E-state index in [1.54, 1.807) is 48.5 Å². The van der Waals surface area contributed by atoms with Crippen molar-refractivity contribution < 1.29 is 23.5 Å². The summed E-state index contributed by atoms with van der Waals surface area (Å²) in [5, 5.41) is 3.13. The number of amides is 2. The van der Waals surface area contributed by atoms with Gasteiger partial charge in [-0.25, -0.2) is 4.39 Å². The fourth-order valence-electron chi connectivity index (χ4n) is 3.74. The lowest BCUT2D eigenvalue weighted by molar-refractivity contribution is -0.137. The van der Waals surface area contributed by atoms with E-state index >= 15 is 0 Å². The third kappa shape index (κ3) is 4.78. The first-order valence-corrected chi connectivity index (χ1v) is 11.0. The van der Waals surface area contributed by atoms with Crippen LogP contribution in [-0.4, -0.2) is 30.4 Å². The van der Waals surface area contributed by atoms with Gasteiger partial charge >= 0.3 is 0 Å². The number of nitrogens with one attached hydrogen (secondary N) is 1. The molecule has 0 bridgehead atoms. The van der Waals surface area contributed by atoms with Gasteiger partial charge in [-0.05, 0) is 42.3 Å². The van der Waals surface area contributed by atoms with Gasteiger partial charge < -0.3 is 14.8 Å². The maximum Gasteiger partial charge on any atom is 0.278 e. The fraction of sp³-hybridized carbons (Fsp3) is 0.185. The third-order valence-electron chi connectivity index (χ3n) is 5.37. The zero-order chi connectivity index (χ0) is 24.1. The molecule has 0 aromatic heterocycles. The van der Waals surface area contributed by atoms with Crippen LogP contribution < -0.4 is 14.8 Å². The highest BCUT2D eigenvalue weighted by Crippen LogP contribution is 2.36. The number of para-hydroxylation sites is 1. The Hall–Kier alpha value is -4.13. The van der Waals surface area contributed by atoms with Crippen LogP contribution in [0.1, 0.15) is 24.5 Å². The van der Waals surface area contributed by atoms with Crippen LogP contribution in [0.4, 0.5) is 10.1 Å². The molecular formula is C27H25FN2O4. The molecule has 0 aliphatic carbocycles. The Morgan fingerprint density at radius 1 is 0.941 bits per heavy atom. The van der Waals surface area contributed by atoms with Crippen LogP contribution in [0.3, 0.4) is 0 Å². The number of anilines is 1. The lowest BCUT2D eigenvalue weighted by Gasteiger charge is -2.16. The quantitative estimate of drug-likeness (QED) is 0.455. The molecule has 7 heteroatoms. The molecule has 2 amide bonds. The maximum atomic E-state index is 13.5. The smallest absolute Gasteiger partial charge is 0.278 e. The zero-order valence-corrected chi connectivity index (χ0v) is 19.0. The highest BCUT2D eigenvalue weighted by molar-refractivity contribution is 6.36. The predicted molar refractivity (Wildman–Crippen MR) is 128 cm³/mol. The standard InChI is InChI=1S/C27H25FN2O4/c1-3-15-34-21-8-6-7-20(16-21)29-25-24(22-9-4-5-10-23(22)33-2)26(31)30(27(25)32)17-18-11-13-19(28)14-12-18/h4-14,16,29H,3,15,17H2,1-2H3. The van der Waals surface area contributed by atoms with Crippen molar-refractivity contribution in [1.82, 2.24) is 4.90 Å². The minimum atomic E-state index is -0.477. The van der Waals surface area contributed by atoms with Crippen LogP contribution in [0.5, 0.6) is 11.5 Å². The van der Waals surface area contributed by atoms with Gasteiger partial charge in [-0.3, -0.25) is 14.5 Å². The molecule has 1 aliphatic heterocycles. The Labute approximate surface area is 197 Å². The van der Waals surface area contributed by atoms with Gasteiger partial charge in [-0.2, -0.15) is 0 Å². The Morgan fingerprint density at radius 2 is 1.71 bits per heavy atom. The van der Waals surface area contributed by atoms with Crippen molar-refractivity contribution in [3.05, 3.63) is 95.4 Å². The van der Waals surface area contributed by atoms with Crippen LogP contribution in [0.2, 0.25) is 0 Å². The van der Waals surface area contributed by atoms with Crippen molar-refractivity contribution in [3.63, 3.8) is 0 Å². The first-order valence-electron chi connectivity index (χ1n) is 11.0. The van der Waals surface area contributed by atoms with Crippen LogP contribution in [0.15, 0.2) is 78.5 Å². The number of methoxy groups -OCH3 is 1. The van der Waals surface area contributed by atoms with E-state index in [4.69, 9.17) is 9.47 Å². The van der Waals surface area contributed by atoms with Crippen molar-refractivity contribution in [1.29, 1.82) is 0 Å². The minimum absolute atomic E-state index is 0.0153. The molecule has 6 nitrogen and oxygen atoms in total. The minimum Gasteiger partial charge on any atom is -0.496 e. The molecule has 0 spiro atoms. The van der Waals surface area contributed by atoms with Gasteiger partial charge in [0.05, 0.1) is 25.8 Å². The molecule has 1 aliphatic rings. The molecule has 0 fully saturated rings. The van der Waals surface area contributed by atoms with E-state index in [0.29, 0.717) is 34.9 Å². The SMILES string of the molecule is CCCOc1cccc(NC2=C(c3ccccc3OC)C(=O)N(Cc3ccc(F)cc3)C2=O)c1. The monoisotopic (exact) mass is 460 g/mol. The average molecular weight is 461 g/mol. The maximum absolute atomic E-state index is 13.5. The van der Waals surface area contributed by atoms with Gasteiger partial charge in [0, 0.05) is 17.3 Å². The van der Waals surface area contributed by atoms with Gasteiger partial charge in [-0.1, -0.05) is 43.3 Å². The molecule has 3 aromatic rings. The number of hydrogen-bond acceptors (Lipinski definition) is 5. The number of carbonyl (C=O) groups excluding carboxylic acids is 2. The van der Waals surface area contributed by atoms with Crippen molar-refractivity contribution in [2.24, 2.45) is 0 Å². The number of hydrogen-bond donors (Lipinski definition) is 1. The summed E-state index contributed by atoms with van der Waals surface area (Å²) < 4.78 is 24.5. The summed E-state index contributed by atoms with van der Waals surface area (Å²) in [6, 6.07) is 20.0. The average Bonchev–Trinajstić information content (AvgIpc) is 3.08. The zero-order valence-electron chi connectivity index (χ0n) is 19.0. The number of carbonyl (C=O) groups is 2. The van der Waals surface area contributed by atoms with Crippen LogP contribution in [0, 0.1) is 5.82 Å². The number of nitrogens with zero attached hydrogens (tertiary/aromatic N) is 1. The highest BCUT2D eigenvalue weighted by Gasteiger charge is 2.40. The van der Waals surface area contributed by atoms with E-state index in [1.165, 1.54) is 19.2 Å². The second-order valence-electron chi connectivity index (χ2n) is 7.77. The molecule has 4 rings (SSSR count). The topological polar surface area (TPSA) is 67.9 Å². The summed E-state index contributed by atoms with van der Waals surface area (Å²) >= 11 is 0. The van der Waals surface area contributed by atoms with E-state index in [9.17, 15) is 14.0 Å². The van der Waals surface area contributed by atoms with Gasteiger partial charge in [-0.15, -0.1) is 0 Å². The van der Waals surface area contributed by atoms with Crippen LogP contribution >= 0.6 is 0 Å². The molecule has 0 atom stereocenters. The molecule has 174 valence electrons. The van der Waals surface area contributed by atoms with E-state index in [0.717, 1.165) is 11.3 Å². The molecule has 0 saturated heterocycles. The Kier molecular flexibility index (Phi) is 6.92. The number of imide groups is 1. The number of ether oxygens (including phenoxy) is 2. The summed E-state index contributed by atoms with van der Waals surface area (Å²) in [5.41, 5.74) is 2.11. The Bertz CT molecular complexity index is 1240. The lowest BCUT2D eigenvalue weighted by Crippen LogP contribution is -2.32. The normalized spacial score (nSPS) is 13.4. The van der Waals surface area contributed by atoms with Crippen molar-refractivity contribution in [2.75, 3.05) is 19.0 Å². The number of benzene rings is 3. The fourth-order valence-corrected chi connectivity index (χ4v) is 3.74. The van der Waals surface area contributed by atoms with E-state index < -0.39 is 11.8 Å². The molecule has 0 unspecified atom stereocenters. The van der Waals surface area contributed by atoms with E-state index in [2.05, 4.69) is 5.32 Å². The first-order chi connectivity index (χ1) is 16.5. The highest BCUT2D eigenvalue weighted by atomic mass is 19.1. The summed E-state index contributed by atoms with van der Waals surface area (Å²) in [6.07, 6.45) is 0.867. The molecule has 1 N–H and O–H groups in total. The van der Waals surface area contributed by atoms with Gasteiger partial charge in [0.1, 0.15) is 23.0 Å². The largest absolute Gasteiger partial charge is 0.496 e. The molecular weight excluding hydrogens is 435 g/mol. The van der Waals surface area contributed by atoms with Crippen LogP contribution in [0.25, 0.3) is 5.57 Å². The molecule has 34 heavy (non-hydrogen) atoms. The molecule has 0 saturated carbocycles. The molecule has 0 radical (unpaired) electrons. The second-order valence-corrected chi connectivity index (χ2v) is 7.77. The van der Waals surface area contributed by atoms with Gasteiger partial charge in [0.2, 0.25) is 0 Å². The summed E-state index contributed by atoms with van der Waals surface area (Å²) in [5.74, 6) is -0.189. The van der Waals surface area contributed by atoms with Crippen molar-refractivity contribution >= 4 is 23.1 Å². The van der Waals surface area contributed by atoms with Crippen molar-refractivity contribution in [2.45, 2.75) is 19.9 Å². The van der Waals surface area contributed by atoms with Gasteiger partial charge in [0.15, 0.2) is 0 Å². The van der Waals surface area contributed by atoms with Crippen LogP contribution in [-0.2, 0) is 16.1 Å². The number of rotatable bonds is 9. The second kappa shape index (κ2) is 10.2. The first kappa shape index (κ1) is 23.0. The number of halogens is 1. The van der Waals surface area contributed by atoms with Crippen molar-refractivity contribution in [3.8, 4) is 11.5 Å². The third-order valence-corrected chi connectivity index (χ3v) is 5.37. The lowest BCUT2D eigenvalue weighted by atomic mass is 10.0. The van der Waals surface area contributed by atoms with E-state index in [-0.39, 0.29) is 23.6 Å². The van der Waals surface area contributed by atoms with E-state index in [1.807, 2.05) is 19.1 Å². The Morgan fingerprint density at radius 3 is 2.44 bits per heavy atom. The molecule has 1 heterocycles.